The number of hydrogen-bond donors (Lipinski definition) is 1. The van der Waals surface area contributed by atoms with Crippen LogP contribution >= 0.6 is 0 Å². The molecule has 5 heteroatoms. The van der Waals surface area contributed by atoms with Crippen LogP contribution in [-0.2, 0) is 11.3 Å². The Morgan fingerprint density at radius 1 is 1.12 bits per heavy atom. The van der Waals surface area contributed by atoms with Gasteiger partial charge in [0.1, 0.15) is 5.82 Å². The SMILES string of the molecule is O=C(Nc1ccnn1CC1CCOC1)c1ccc(C2CCCCC2)cc1. The summed E-state index contributed by atoms with van der Waals surface area (Å²) in [7, 11) is 0. The minimum absolute atomic E-state index is 0.0791. The zero-order valence-corrected chi connectivity index (χ0v) is 15.2. The van der Waals surface area contributed by atoms with Crippen LogP contribution in [0.2, 0.25) is 0 Å². The van der Waals surface area contributed by atoms with Crippen molar-refractivity contribution in [2.45, 2.75) is 51.0 Å². The van der Waals surface area contributed by atoms with E-state index in [1.54, 1.807) is 6.20 Å². The minimum atomic E-state index is -0.0791. The quantitative estimate of drug-likeness (QED) is 0.875. The normalized spacial score (nSPS) is 21.0. The van der Waals surface area contributed by atoms with Gasteiger partial charge in [0.2, 0.25) is 0 Å². The topological polar surface area (TPSA) is 56.2 Å². The third-order valence-corrected chi connectivity index (χ3v) is 5.66. The first kappa shape index (κ1) is 17.3. The molecule has 2 aromatic rings. The molecule has 2 heterocycles. The molecule has 2 fully saturated rings. The van der Waals surface area contributed by atoms with E-state index in [1.165, 1.54) is 37.7 Å². The molecule has 0 radical (unpaired) electrons. The van der Waals surface area contributed by atoms with Gasteiger partial charge >= 0.3 is 0 Å². The van der Waals surface area contributed by atoms with Gasteiger partial charge in [-0.05, 0) is 42.9 Å². The molecule has 1 aromatic heterocycles. The highest BCUT2D eigenvalue weighted by molar-refractivity contribution is 6.03. The van der Waals surface area contributed by atoms with Crippen LogP contribution in [0.1, 0.15) is 60.4 Å². The fourth-order valence-electron chi connectivity index (χ4n) is 4.09. The van der Waals surface area contributed by atoms with E-state index in [-0.39, 0.29) is 5.91 Å². The van der Waals surface area contributed by atoms with E-state index in [9.17, 15) is 4.79 Å². The van der Waals surface area contributed by atoms with E-state index >= 15 is 0 Å². The molecule has 5 nitrogen and oxygen atoms in total. The predicted molar refractivity (Wildman–Crippen MR) is 101 cm³/mol. The maximum atomic E-state index is 12.6. The average molecular weight is 353 g/mol. The highest BCUT2D eigenvalue weighted by atomic mass is 16.5. The summed E-state index contributed by atoms with van der Waals surface area (Å²) in [5.74, 6) is 1.80. The number of nitrogens with one attached hydrogen (secondary N) is 1. The number of aromatic nitrogens is 2. The maximum absolute atomic E-state index is 12.6. The third kappa shape index (κ3) is 3.98. The van der Waals surface area contributed by atoms with Crippen molar-refractivity contribution in [3.05, 3.63) is 47.7 Å². The summed E-state index contributed by atoms with van der Waals surface area (Å²) >= 11 is 0. The highest BCUT2D eigenvalue weighted by Gasteiger charge is 2.19. The van der Waals surface area contributed by atoms with E-state index in [1.807, 2.05) is 22.9 Å². The molecule has 1 saturated carbocycles. The molecular formula is C21H27N3O2. The molecule has 1 aliphatic heterocycles. The van der Waals surface area contributed by atoms with Crippen molar-refractivity contribution in [1.82, 2.24) is 9.78 Å². The van der Waals surface area contributed by atoms with Crippen LogP contribution in [0.5, 0.6) is 0 Å². The number of amides is 1. The van der Waals surface area contributed by atoms with Crippen molar-refractivity contribution in [3.8, 4) is 0 Å². The van der Waals surface area contributed by atoms with Crippen molar-refractivity contribution < 1.29 is 9.53 Å². The lowest BCUT2D eigenvalue weighted by molar-refractivity contribution is 0.102. The molecule has 1 N–H and O–H groups in total. The maximum Gasteiger partial charge on any atom is 0.256 e. The van der Waals surface area contributed by atoms with Crippen LogP contribution in [0.15, 0.2) is 36.5 Å². The van der Waals surface area contributed by atoms with Gasteiger partial charge in [-0.1, -0.05) is 31.4 Å². The van der Waals surface area contributed by atoms with Crippen LogP contribution in [-0.4, -0.2) is 28.9 Å². The van der Waals surface area contributed by atoms with Crippen molar-refractivity contribution in [2.24, 2.45) is 5.92 Å². The number of benzene rings is 1. The highest BCUT2D eigenvalue weighted by Crippen LogP contribution is 2.32. The van der Waals surface area contributed by atoms with E-state index in [0.717, 1.165) is 32.0 Å². The second-order valence-corrected chi connectivity index (χ2v) is 7.54. The fraction of sp³-hybridized carbons (Fsp3) is 0.524. The Bertz CT molecular complexity index is 726. The van der Waals surface area contributed by atoms with Crippen LogP contribution in [0.3, 0.4) is 0 Å². The number of ether oxygens (including phenoxy) is 1. The summed E-state index contributed by atoms with van der Waals surface area (Å²) in [6.45, 7) is 2.38. The summed E-state index contributed by atoms with van der Waals surface area (Å²) in [5.41, 5.74) is 2.06. The number of carbonyl (C=O) groups excluding carboxylic acids is 1. The van der Waals surface area contributed by atoms with Gasteiger partial charge in [0.05, 0.1) is 12.8 Å². The second-order valence-electron chi connectivity index (χ2n) is 7.54. The number of carbonyl (C=O) groups is 1. The monoisotopic (exact) mass is 353 g/mol. The largest absolute Gasteiger partial charge is 0.381 e. The molecule has 138 valence electrons. The Morgan fingerprint density at radius 3 is 2.65 bits per heavy atom. The van der Waals surface area contributed by atoms with Gasteiger partial charge < -0.3 is 10.1 Å². The average Bonchev–Trinajstić information content (AvgIpc) is 3.35. The van der Waals surface area contributed by atoms with Gasteiger partial charge in [-0.3, -0.25) is 4.79 Å². The van der Waals surface area contributed by atoms with Crippen LogP contribution < -0.4 is 5.32 Å². The Morgan fingerprint density at radius 2 is 1.92 bits per heavy atom. The Balaban J connectivity index is 1.39. The first-order valence-electron chi connectivity index (χ1n) is 9.80. The van der Waals surface area contributed by atoms with E-state index in [4.69, 9.17) is 4.74 Å². The molecular weight excluding hydrogens is 326 g/mol. The number of hydrogen-bond acceptors (Lipinski definition) is 3. The predicted octanol–water partition coefficient (Wildman–Crippen LogP) is 4.22. The summed E-state index contributed by atoms with van der Waals surface area (Å²) < 4.78 is 7.30. The molecule has 1 unspecified atom stereocenters. The lowest BCUT2D eigenvalue weighted by atomic mass is 9.84. The van der Waals surface area contributed by atoms with Crippen molar-refractivity contribution >= 4 is 11.7 Å². The number of nitrogens with zero attached hydrogens (tertiary/aromatic N) is 2. The smallest absolute Gasteiger partial charge is 0.256 e. The van der Waals surface area contributed by atoms with Crippen molar-refractivity contribution in [2.75, 3.05) is 18.5 Å². The van der Waals surface area contributed by atoms with Gasteiger partial charge in [0.15, 0.2) is 0 Å². The van der Waals surface area contributed by atoms with Crippen LogP contribution in [0.25, 0.3) is 0 Å². The molecule has 1 aromatic carbocycles. The van der Waals surface area contributed by atoms with Gasteiger partial charge in [0, 0.05) is 30.7 Å². The zero-order valence-electron chi connectivity index (χ0n) is 15.2. The lowest BCUT2D eigenvalue weighted by Crippen LogP contribution is -2.19. The number of rotatable bonds is 5. The Labute approximate surface area is 154 Å². The van der Waals surface area contributed by atoms with Gasteiger partial charge in [-0.15, -0.1) is 0 Å². The summed E-state index contributed by atoms with van der Waals surface area (Å²) in [6, 6.07) is 10.00. The molecule has 1 aliphatic carbocycles. The molecule has 1 saturated heterocycles. The number of anilines is 1. The zero-order chi connectivity index (χ0) is 17.8. The van der Waals surface area contributed by atoms with Gasteiger partial charge in [0.25, 0.3) is 5.91 Å². The minimum Gasteiger partial charge on any atom is -0.381 e. The molecule has 2 aliphatic rings. The molecule has 26 heavy (non-hydrogen) atoms. The van der Waals surface area contributed by atoms with Crippen LogP contribution in [0, 0.1) is 5.92 Å². The Kier molecular flexibility index (Phi) is 5.34. The standard InChI is InChI=1S/C21H27N3O2/c25-21(19-8-6-18(7-9-19)17-4-2-1-3-5-17)23-20-10-12-22-24(20)14-16-11-13-26-15-16/h6-10,12,16-17H,1-5,11,13-15H2,(H,23,25). The summed E-state index contributed by atoms with van der Waals surface area (Å²) in [5, 5.41) is 7.35. The summed E-state index contributed by atoms with van der Waals surface area (Å²) in [4.78, 5) is 12.6. The van der Waals surface area contributed by atoms with E-state index in [2.05, 4.69) is 22.5 Å². The lowest BCUT2D eigenvalue weighted by Gasteiger charge is -2.22. The van der Waals surface area contributed by atoms with Gasteiger partial charge in [-0.25, -0.2) is 4.68 Å². The van der Waals surface area contributed by atoms with E-state index < -0.39 is 0 Å². The first-order chi connectivity index (χ1) is 12.8. The Hall–Kier alpha value is -2.14. The second kappa shape index (κ2) is 8.04. The fourth-order valence-corrected chi connectivity index (χ4v) is 4.09. The van der Waals surface area contributed by atoms with E-state index in [0.29, 0.717) is 17.4 Å². The summed E-state index contributed by atoms with van der Waals surface area (Å²) in [6.07, 6.45) is 9.34. The molecule has 0 bridgehead atoms. The first-order valence-corrected chi connectivity index (χ1v) is 9.80. The van der Waals surface area contributed by atoms with Crippen molar-refractivity contribution in [1.29, 1.82) is 0 Å². The molecule has 0 spiro atoms. The molecule has 1 amide bonds. The molecule has 4 rings (SSSR count). The molecule has 1 atom stereocenters. The van der Waals surface area contributed by atoms with Crippen molar-refractivity contribution in [3.63, 3.8) is 0 Å². The van der Waals surface area contributed by atoms with Crippen LogP contribution in [0.4, 0.5) is 5.82 Å². The van der Waals surface area contributed by atoms with Gasteiger partial charge in [-0.2, -0.15) is 5.10 Å². The third-order valence-electron chi connectivity index (χ3n) is 5.66.